The van der Waals surface area contributed by atoms with Gasteiger partial charge in [-0.1, -0.05) is 0 Å². The van der Waals surface area contributed by atoms with Crippen molar-refractivity contribution in [1.82, 2.24) is 9.29 Å². The minimum atomic E-state index is -3.60. The zero-order chi connectivity index (χ0) is 14.9. The monoisotopic (exact) mass is 315 g/mol. The maximum absolute atomic E-state index is 12.5. The van der Waals surface area contributed by atoms with Crippen molar-refractivity contribution in [3.05, 3.63) is 33.7 Å². The van der Waals surface area contributed by atoms with E-state index >= 15 is 0 Å². The van der Waals surface area contributed by atoms with E-state index in [4.69, 9.17) is 10.2 Å². The highest BCUT2D eigenvalue weighted by molar-refractivity contribution is 7.89. The Hall–Kier alpha value is -1.22. The largest absolute Gasteiger partial charge is 0.464 e. The molecular formula is C12H17N3O3S2. The molecule has 0 atom stereocenters. The number of sulfonamides is 1. The van der Waals surface area contributed by atoms with Gasteiger partial charge in [-0.05, 0) is 13.8 Å². The molecule has 0 radical (unpaired) electrons. The third kappa shape index (κ3) is 2.93. The number of furan rings is 1. The average Bonchev–Trinajstić information content (AvgIpc) is 2.95. The molecule has 20 heavy (non-hydrogen) atoms. The molecule has 0 saturated carbocycles. The van der Waals surface area contributed by atoms with Gasteiger partial charge in [-0.15, -0.1) is 11.3 Å². The minimum Gasteiger partial charge on any atom is -0.464 e. The van der Waals surface area contributed by atoms with Crippen molar-refractivity contribution in [3.63, 3.8) is 0 Å². The third-order valence-corrected chi connectivity index (χ3v) is 5.60. The zero-order valence-electron chi connectivity index (χ0n) is 11.6. The van der Waals surface area contributed by atoms with E-state index in [0.717, 1.165) is 10.7 Å². The highest BCUT2D eigenvalue weighted by atomic mass is 32.2. The Bertz CT molecular complexity index is 703. The summed E-state index contributed by atoms with van der Waals surface area (Å²) < 4.78 is 31.6. The number of aryl methyl sites for hydroxylation is 2. The number of hydrogen-bond donors (Lipinski definition) is 1. The molecular weight excluding hydrogens is 298 g/mol. The first-order valence-corrected chi connectivity index (χ1v) is 8.33. The summed E-state index contributed by atoms with van der Waals surface area (Å²) in [7, 11) is -2.07. The molecule has 2 N–H and O–H groups in total. The topological polar surface area (TPSA) is 89.4 Å². The van der Waals surface area contributed by atoms with Gasteiger partial charge in [0.15, 0.2) is 0 Å². The molecule has 0 saturated heterocycles. The van der Waals surface area contributed by atoms with E-state index in [1.807, 2.05) is 12.3 Å². The molecule has 2 rings (SSSR count). The number of aromatic nitrogens is 1. The number of nitrogens with zero attached hydrogens (tertiary/aromatic N) is 2. The van der Waals surface area contributed by atoms with Crippen molar-refractivity contribution < 1.29 is 12.8 Å². The molecule has 0 aromatic carbocycles. The van der Waals surface area contributed by atoms with Crippen LogP contribution in [0.3, 0.4) is 0 Å². The summed E-state index contributed by atoms with van der Waals surface area (Å²) in [6.45, 7) is 3.91. The molecule has 0 unspecified atom stereocenters. The van der Waals surface area contributed by atoms with E-state index in [9.17, 15) is 8.42 Å². The van der Waals surface area contributed by atoms with Crippen molar-refractivity contribution in [2.24, 2.45) is 5.73 Å². The molecule has 0 spiro atoms. The van der Waals surface area contributed by atoms with Crippen LogP contribution in [-0.4, -0.2) is 24.8 Å². The lowest BCUT2D eigenvalue weighted by Crippen LogP contribution is -2.26. The van der Waals surface area contributed by atoms with E-state index in [2.05, 4.69) is 4.98 Å². The quantitative estimate of drug-likeness (QED) is 0.906. The lowest BCUT2D eigenvalue weighted by atomic mass is 10.4. The maximum atomic E-state index is 12.5. The Labute approximate surface area is 122 Å². The van der Waals surface area contributed by atoms with E-state index < -0.39 is 10.0 Å². The number of nitrogens with two attached hydrogens (primary N) is 1. The fourth-order valence-corrected chi connectivity index (χ4v) is 3.77. The van der Waals surface area contributed by atoms with Crippen LogP contribution in [-0.2, 0) is 23.1 Å². The van der Waals surface area contributed by atoms with E-state index in [1.165, 1.54) is 28.8 Å². The summed E-state index contributed by atoms with van der Waals surface area (Å²) >= 11 is 1.50. The van der Waals surface area contributed by atoms with E-state index in [-0.39, 0.29) is 18.0 Å². The first-order valence-electron chi connectivity index (χ1n) is 6.01. The molecule has 8 heteroatoms. The first-order chi connectivity index (χ1) is 9.34. The molecule has 0 aliphatic rings. The van der Waals surface area contributed by atoms with Crippen LogP contribution in [0.5, 0.6) is 0 Å². The molecule has 0 aliphatic carbocycles. The van der Waals surface area contributed by atoms with Gasteiger partial charge in [-0.3, -0.25) is 0 Å². The Morgan fingerprint density at radius 2 is 2.15 bits per heavy atom. The SMILES string of the molecule is Cc1nc(CN(C)S(=O)(=O)c2cc(CN)oc2C)cs1. The maximum Gasteiger partial charge on any atom is 0.246 e. The lowest BCUT2D eigenvalue weighted by Gasteiger charge is -2.15. The number of thiazole rings is 1. The molecule has 0 aliphatic heterocycles. The van der Waals surface area contributed by atoms with Crippen molar-refractivity contribution in [1.29, 1.82) is 0 Å². The van der Waals surface area contributed by atoms with Gasteiger partial charge in [-0.2, -0.15) is 4.31 Å². The van der Waals surface area contributed by atoms with Crippen LogP contribution in [0.2, 0.25) is 0 Å². The van der Waals surface area contributed by atoms with Gasteiger partial charge in [0.2, 0.25) is 10.0 Å². The van der Waals surface area contributed by atoms with Gasteiger partial charge in [0, 0.05) is 18.5 Å². The number of hydrogen-bond acceptors (Lipinski definition) is 6. The summed E-state index contributed by atoms with van der Waals surface area (Å²) in [5.74, 6) is 0.811. The van der Waals surface area contributed by atoms with Gasteiger partial charge >= 0.3 is 0 Å². The van der Waals surface area contributed by atoms with Crippen LogP contribution in [0.4, 0.5) is 0 Å². The molecule has 0 fully saturated rings. The molecule has 2 aromatic rings. The molecule has 2 heterocycles. The first kappa shape index (κ1) is 15.2. The van der Waals surface area contributed by atoms with Crippen molar-refractivity contribution >= 4 is 21.4 Å². The highest BCUT2D eigenvalue weighted by Crippen LogP contribution is 2.24. The van der Waals surface area contributed by atoms with Gasteiger partial charge in [0.05, 0.1) is 23.8 Å². The summed E-state index contributed by atoms with van der Waals surface area (Å²) in [4.78, 5) is 4.43. The fraction of sp³-hybridized carbons (Fsp3) is 0.417. The van der Waals surface area contributed by atoms with Gasteiger partial charge in [0.1, 0.15) is 16.4 Å². The van der Waals surface area contributed by atoms with Crippen LogP contribution >= 0.6 is 11.3 Å². The van der Waals surface area contributed by atoms with Gasteiger partial charge < -0.3 is 10.2 Å². The standard InChI is InChI=1S/C12H17N3O3S2/c1-8-12(4-11(5-13)18-8)20(16,17)15(3)6-10-7-19-9(2)14-10/h4,7H,5-6,13H2,1-3H3. The minimum absolute atomic E-state index is 0.160. The van der Waals surface area contributed by atoms with Crippen LogP contribution in [0, 0.1) is 13.8 Å². The fourth-order valence-electron chi connectivity index (χ4n) is 1.84. The summed E-state index contributed by atoms with van der Waals surface area (Å²) in [5, 5.41) is 2.77. The van der Waals surface area contributed by atoms with E-state index in [0.29, 0.717) is 11.5 Å². The van der Waals surface area contributed by atoms with E-state index in [1.54, 1.807) is 6.92 Å². The molecule has 110 valence electrons. The zero-order valence-corrected chi connectivity index (χ0v) is 13.2. The third-order valence-electron chi connectivity index (χ3n) is 2.86. The molecule has 0 bridgehead atoms. The lowest BCUT2D eigenvalue weighted by molar-refractivity contribution is 0.453. The Morgan fingerprint density at radius 1 is 1.45 bits per heavy atom. The average molecular weight is 315 g/mol. The summed E-state index contributed by atoms with van der Waals surface area (Å²) in [5.41, 5.74) is 6.20. The summed E-state index contributed by atoms with van der Waals surface area (Å²) in [6.07, 6.45) is 0. The Balaban J connectivity index is 2.26. The predicted octanol–water partition coefficient (Wildman–Crippen LogP) is 1.63. The highest BCUT2D eigenvalue weighted by Gasteiger charge is 2.26. The second-order valence-corrected chi connectivity index (χ2v) is 7.53. The second kappa shape index (κ2) is 5.65. The Kier molecular flexibility index (Phi) is 4.28. The Morgan fingerprint density at radius 3 is 2.65 bits per heavy atom. The van der Waals surface area contributed by atoms with Crippen LogP contribution in [0.25, 0.3) is 0 Å². The van der Waals surface area contributed by atoms with Gasteiger partial charge in [-0.25, -0.2) is 13.4 Å². The van der Waals surface area contributed by atoms with Crippen molar-refractivity contribution in [2.75, 3.05) is 7.05 Å². The number of rotatable bonds is 5. The normalized spacial score (nSPS) is 12.2. The van der Waals surface area contributed by atoms with Crippen LogP contribution in [0.1, 0.15) is 22.2 Å². The summed E-state index contributed by atoms with van der Waals surface area (Å²) in [6, 6.07) is 1.48. The molecule has 0 amide bonds. The predicted molar refractivity (Wildman–Crippen MR) is 76.8 cm³/mol. The van der Waals surface area contributed by atoms with Crippen LogP contribution < -0.4 is 5.73 Å². The molecule has 2 aromatic heterocycles. The van der Waals surface area contributed by atoms with Crippen molar-refractivity contribution in [3.8, 4) is 0 Å². The van der Waals surface area contributed by atoms with Gasteiger partial charge in [0.25, 0.3) is 0 Å². The molecule has 6 nitrogen and oxygen atoms in total. The van der Waals surface area contributed by atoms with Crippen molar-refractivity contribution in [2.45, 2.75) is 31.8 Å². The smallest absolute Gasteiger partial charge is 0.246 e. The van der Waals surface area contributed by atoms with Crippen LogP contribution in [0.15, 0.2) is 20.8 Å². The second-order valence-electron chi connectivity index (χ2n) is 4.46.